The Bertz CT molecular complexity index is 329. The van der Waals surface area contributed by atoms with Crippen molar-refractivity contribution in [2.24, 2.45) is 0 Å². The highest BCUT2D eigenvalue weighted by molar-refractivity contribution is 5.42. The van der Waals surface area contributed by atoms with E-state index in [9.17, 15) is 0 Å². The van der Waals surface area contributed by atoms with Crippen molar-refractivity contribution in [3.8, 4) is 17.2 Å². The Morgan fingerprint density at radius 2 is 1.56 bits per heavy atom. The van der Waals surface area contributed by atoms with Gasteiger partial charge in [0.2, 0.25) is 0 Å². The third-order valence-corrected chi connectivity index (χ3v) is 2.41. The fourth-order valence-electron chi connectivity index (χ4n) is 1.59. The maximum absolute atomic E-state index is 5.83. The molecule has 1 unspecified atom stereocenters. The van der Waals surface area contributed by atoms with E-state index in [0.717, 1.165) is 0 Å². The van der Waals surface area contributed by atoms with Crippen LogP contribution in [0.2, 0.25) is 0 Å². The van der Waals surface area contributed by atoms with E-state index in [0.29, 0.717) is 30.4 Å². The van der Waals surface area contributed by atoms with Gasteiger partial charge in [-0.3, -0.25) is 0 Å². The van der Waals surface area contributed by atoms with E-state index in [2.05, 4.69) is 5.32 Å². The first-order valence-electron chi connectivity index (χ1n) is 5.76. The van der Waals surface area contributed by atoms with Crippen LogP contribution in [0.15, 0.2) is 18.2 Å². The number of hydrogen-bond donors (Lipinski definition) is 1. The van der Waals surface area contributed by atoms with Crippen LogP contribution in [-0.4, -0.2) is 47.6 Å². The second kappa shape index (κ2) is 7.79. The molecule has 0 amide bonds. The molecule has 1 aromatic rings. The van der Waals surface area contributed by atoms with E-state index in [4.69, 9.17) is 18.9 Å². The smallest absolute Gasteiger partial charge is 0.134 e. The summed E-state index contributed by atoms with van der Waals surface area (Å²) in [5, 5.41) is 3.06. The summed E-state index contributed by atoms with van der Waals surface area (Å²) in [5.41, 5.74) is 0. The minimum atomic E-state index is -0.0585. The van der Waals surface area contributed by atoms with Crippen LogP contribution in [0, 0.1) is 0 Å². The van der Waals surface area contributed by atoms with Crippen molar-refractivity contribution in [2.45, 2.75) is 6.10 Å². The molecule has 0 bridgehead atoms. The lowest BCUT2D eigenvalue weighted by Gasteiger charge is -2.19. The van der Waals surface area contributed by atoms with E-state index in [1.165, 1.54) is 0 Å². The van der Waals surface area contributed by atoms with Gasteiger partial charge in [0.25, 0.3) is 0 Å². The van der Waals surface area contributed by atoms with Gasteiger partial charge < -0.3 is 24.3 Å². The maximum Gasteiger partial charge on any atom is 0.134 e. The summed E-state index contributed by atoms with van der Waals surface area (Å²) in [6, 6.07) is 5.44. The first kappa shape index (κ1) is 14.6. The lowest BCUT2D eigenvalue weighted by Crippen LogP contribution is -2.33. The van der Waals surface area contributed by atoms with Crippen molar-refractivity contribution in [1.82, 2.24) is 5.32 Å². The molecule has 0 fully saturated rings. The third kappa shape index (κ3) is 4.43. The fraction of sp³-hybridized carbons (Fsp3) is 0.538. The van der Waals surface area contributed by atoms with E-state index in [-0.39, 0.29) is 6.10 Å². The molecule has 0 saturated carbocycles. The van der Waals surface area contributed by atoms with Crippen molar-refractivity contribution >= 4 is 0 Å². The summed E-state index contributed by atoms with van der Waals surface area (Å²) in [7, 11) is 6.74. The zero-order valence-electron chi connectivity index (χ0n) is 11.4. The molecule has 0 aliphatic rings. The van der Waals surface area contributed by atoms with Crippen molar-refractivity contribution in [3.63, 3.8) is 0 Å². The molecule has 0 heterocycles. The van der Waals surface area contributed by atoms with E-state index in [1.54, 1.807) is 27.4 Å². The molecule has 0 saturated heterocycles. The van der Waals surface area contributed by atoms with Crippen LogP contribution >= 0.6 is 0 Å². The average molecular weight is 255 g/mol. The molecular formula is C13H21NO4. The molecule has 102 valence electrons. The van der Waals surface area contributed by atoms with Gasteiger partial charge in [0.15, 0.2) is 0 Å². The number of nitrogens with one attached hydrogen (secondary N) is 1. The summed E-state index contributed by atoms with van der Waals surface area (Å²) in [6.45, 7) is 1.22. The van der Waals surface area contributed by atoms with Crippen LogP contribution in [0.3, 0.4) is 0 Å². The molecule has 0 aliphatic carbocycles. The Morgan fingerprint density at radius 3 is 2.00 bits per heavy atom. The largest absolute Gasteiger partial charge is 0.496 e. The molecular weight excluding hydrogens is 234 g/mol. The maximum atomic E-state index is 5.83. The van der Waals surface area contributed by atoms with E-state index < -0.39 is 0 Å². The monoisotopic (exact) mass is 255 g/mol. The van der Waals surface area contributed by atoms with Crippen LogP contribution < -0.4 is 19.5 Å². The van der Waals surface area contributed by atoms with Crippen molar-refractivity contribution in [3.05, 3.63) is 18.2 Å². The topological polar surface area (TPSA) is 49.0 Å². The molecule has 0 aliphatic heterocycles. The highest BCUT2D eigenvalue weighted by atomic mass is 16.5. The van der Waals surface area contributed by atoms with Gasteiger partial charge in [-0.1, -0.05) is 0 Å². The van der Waals surface area contributed by atoms with Crippen molar-refractivity contribution < 1.29 is 18.9 Å². The molecule has 0 spiro atoms. The fourth-order valence-corrected chi connectivity index (χ4v) is 1.59. The first-order chi connectivity index (χ1) is 8.73. The zero-order chi connectivity index (χ0) is 13.4. The van der Waals surface area contributed by atoms with Crippen LogP contribution in [0.4, 0.5) is 0 Å². The molecule has 5 nitrogen and oxygen atoms in total. The van der Waals surface area contributed by atoms with Crippen LogP contribution in [0.25, 0.3) is 0 Å². The van der Waals surface area contributed by atoms with Crippen molar-refractivity contribution in [2.75, 3.05) is 41.5 Å². The second-order valence-electron chi connectivity index (χ2n) is 3.80. The summed E-state index contributed by atoms with van der Waals surface area (Å²) in [4.78, 5) is 0. The predicted molar refractivity (Wildman–Crippen MR) is 69.8 cm³/mol. The number of benzene rings is 1. The lowest BCUT2D eigenvalue weighted by atomic mass is 10.3. The molecule has 1 atom stereocenters. The minimum Gasteiger partial charge on any atom is -0.496 e. The van der Waals surface area contributed by atoms with Crippen LogP contribution in [0.5, 0.6) is 17.2 Å². The van der Waals surface area contributed by atoms with Crippen LogP contribution in [0.1, 0.15) is 0 Å². The Morgan fingerprint density at radius 1 is 1.00 bits per heavy atom. The molecule has 1 aromatic carbocycles. The van der Waals surface area contributed by atoms with E-state index >= 15 is 0 Å². The summed E-state index contributed by atoms with van der Waals surface area (Å²) in [5.74, 6) is 2.10. The molecule has 1 rings (SSSR count). The highest BCUT2D eigenvalue weighted by Crippen LogP contribution is 2.27. The van der Waals surface area contributed by atoms with Gasteiger partial charge >= 0.3 is 0 Å². The summed E-state index contributed by atoms with van der Waals surface area (Å²) in [6.07, 6.45) is -0.0585. The highest BCUT2D eigenvalue weighted by Gasteiger charge is 2.11. The normalized spacial score (nSPS) is 12.0. The van der Waals surface area contributed by atoms with Crippen LogP contribution in [-0.2, 0) is 4.74 Å². The summed E-state index contributed by atoms with van der Waals surface area (Å²) >= 11 is 0. The Kier molecular flexibility index (Phi) is 6.32. The first-order valence-corrected chi connectivity index (χ1v) is 5.76. The zero-order valence-corrected chi connectivity index (χ0v) is 11.4. The van der Waals surface area contributed by atoms with Gasteiger partial charge in [-0.15, -0.1) is 0 Å². The SMILES string of the molecule is CNCC(COC)Oc1cc(OC)cc(OC)c1. The number of methoxy groups -OCH3 is 3. The summed E-state index contributed by atoms with van der Waals surface area (Å²) < 4.78 is 21.3. The molecule has 0 radical (unpaired) electrons. The molecule has 1 N–H and O–H groups in total. The lowest BCUT2D eigenvalue weighted by molar-refractivity contribution is 0.0815. The Labute approximate surface area is 108 Å². The molecule has 5 heteroatoms. The number of likely N-dealkylation sites (N-methyl/N-ethyl adjacent to an activating group) is 1. The van der Waals surface area contributed by atoms with Gasteiger partial charge in [-0.2, -0.15) is 0 Å². The Balaban J connectivity index is 2.80. The Hall–Kier alpha value is -1.46. The van der Waals surface area contributed by atoms with Gasteiger partial charge in [0.1, 0.15) is 23.4 Å². The standard InChI is InChI=1S/C13H21NO4/c1-14-8-13(9-15-2)18-12-6-10(16-3)5-11(7-12)17-4/h5-7,13-14H,8-9H2,1-4H3. The number of ether oxygens (including phenoxy) is 4. The number of hydrogen-bond acceptors (Lipinski definition) is 5. The van der Waals surface area contributed by atoms with Crippen molar-refractivity contribution in [1.29, 1.82) is 0 Å². The minimum absolute atomic E-state index is 0.0585. The molecule has 0 aromatic heterocycles. The third-order valence-electron chi connectivity index (χ3n) is 2.41. The average Bonchev–Trinajstić information content (AvgIpc) is 2.38. The molecule has 18 heavy (non-hydrogen) atoms. The van der Waals surface area contributed by atoms with Gasteiger partial charge in [0.05, 0.1) is 20.8 Å². The quantitative estimate of drug-likeness (QED) is 0.759. The van der Waals surface area contributed by atoms with Gasteiger partial charge in [-0.05, 0) is 7.05 Å². The van der Waals surface area contributed by atoms with Gasteiger partial charge in [-0.25, -0.2) is 0 Å². The van der Waals surface area contributed by atoms with Gasteiger partial charge in [0, 0.05) is 31.9 Å². The van der Waals surface area contributed by atoms with E-state index in [1.807, 2.05) is 19.2 Å². The second-order valence-corrected chi connectivity index (χ2v) is 3.80. The predicted octanol–water partition coefficient (Wildman–Crippen LogP) is 1.32. The number of rotatable bonds is 8.